The first-order valence-corrected chi connectivity index (χ1v) is 27.8. The molecule has 0 bridgehead atoms. The topological polar surface area (TPSA) is 257 Å². The van der Waals surface area contributed by atoms with Crippen LogP contribution in [0, 0.1) is 28.8 Å². The lowest BCUT2D eigenvalue weighted by atomic mass is 9.89. The monoisotopic (exact) mass is 1150 g/mol. The van der Waals surface area contributed by atoms with Gasteiger partial charge in [-0.05, 0) is 92.7 Å². The number of rotatable bonds is 11. The number of nitriles is 1. The SMILES string of the molecule is C=C(C(=O)N1CCN(c2nc(OCC34CCCN3CCC4)nc3c(F)c(-c4ccc(F)c5sc(N)c(C#N)c45)c(Cl)cc23)CC1)C(C)OC.CC.NCC1=C2Cn3c(cc4c(c3=O)COC(=O)C4O)C2Nc2cc(F)c(NC=O)cc21. The number of piperazine rings is 1. The molecule has 9 heterocycles. The van der Waals surface area contributed by atoms with Crippen LogP contribution in [0.2, 0.25) is 5.02 Å². The fourth-order valence-corrected chi connectivity index (χ4v) is 13.2. The first kappa shape index (κ1) is 56.7. The van der Waals surface area contributed by atoms with Gasteiger partial charge in [0.05, 0.1) is 44.2 Å². The zero-order valence-electron chi connectivity index (χ0n) is 44.9. The highest BCUT2D eigenvalue weighted by molar-refractivity contribution is 7.23. The molecule has 0 saturated carbocycles. The summed E-state index contributed by atoms with van der Waals surface area (Å²) in [5.74, 6) is -2.50. The highest BCUT2D eigenvalue weighted by Gasteiger charge is 2.45. The van der Waals surface area contributed by atoms with Gasteiger partial charge in [0.1, 0.15) is 47.3 Å². The number of benzene rings is 3. The second kappa shape index (κ2) is 22.7. The molecule has 12 rings (SSSR count). The number of thiophene rings is 1. The summed E-state index contributed by atoms with van der Waals surface area (Å²) in [4.78, 5) is 64.2. The quantitative estimate of drug-likeness (QED) is 0.0473. The molecule has 6 aliphatic rings. The predicted molar refractivity (Wildman–Crippen MR) is 302 cm³/mol. The maximum Gasteiger partial charge on any atom is 0.340 e. The van der Waals surface area contributed by atoms with Crippen LogP contribution in [0.15, 0.2) is 58.9 Å². The van der Waals surface area contributed by atoms with Crippen LogP contribution >= 0.6 is 22.9 Å². The number of aliphatic hydroxyl groups is 1. The number of nitrogen functional groups attached to an aromatic ring is 1. The minimum atomic E-state index is -1.53. The molecule has 24 heteroatoms. The van der Waals surface area contributed by atoms with E-state index in [0.717, 1.165) is 61.3 Å². The summed E-state index contributed by atoms with van der Waals surface area (Å²) in [6.45, 7) is 13.9. The minimum absolute atomic E-state index is 0.0217. The van der Waals surface area contributed by atoms with Gasteiger partial charge in [0.15, 0.2) is 11.9 Å². The van der Waals surface area contributed by atoms with Gasteiger partial charge in [0.25, 0.3) is 11.5 Å². The molecule has 3 unspecified atom stereocenters. The summed E-state index contributed by atoms with van der Waals surface area (Å²) in [6, 6.07) is 10.2. The molecule has 6 aliphatic heterocycles. The van der Waals surface area contributed by atoms with E-state index in [9.17, 15) is 38.3 Å². The number of cyclic esters (lactones) is 1. The van der Waals surface area contributed by atoms with Crippen molar-refractivity contribution < 1.29 is 46.9 Å². The lowest BCUT2D eigenvalue weighted by Gasteiger charge is -2.36. The third-order valence-electron chi connectivity index (χ3n) is 16.2. The van der Waals surface area contributed by atoms with Gasteiger partial charge in [0.2, 0.25) is 6.41 Å². The van der Waals surface area contributed by atoms with Crippen molar-refractivity contribution in [3.05, 3.63) is 115 Å². The molecule has 3 aromatic carbocycles. The highest BCUT2D eigenvalue weighted by Crippen LogP contribution is 2.48. The van der Waals surface area contributed by atoms with E-state index in [2.05, 4.69) is 27.1 Å². The largest absolute Gasteiger partial charge is 0.461 e. The van der Waals surface area contributed by atoms with Crippen molar-refractivity contribution in [3.63, 3.8) is 0 Å². The van der Waals surface area contributed by atoms with Gasteiger partial charge in [-0.25, -0.2) is 18.0 Å². The number of ether oxygens (including phenoxy) is 3. The number of halogens is 4. The molecule has 7 N–H and O–H groups in total. The minimum Gasteiger partial charge on any atom is -0.461 e. The molecule has 6 aromatic rings. The van der Waals surface area contributed by atoms with Gasteiger partial charge in [-0.3, -0.25) is 19.3 Å². The van der Waals surface area contributed by atoms with Gasteiger partial charge in [-0.1, -0.05) is 38.1 Å². The number of aliphatic hydroxyl groups excluding tert-OH is 1. The molecule has 0 radical (unpaired) electrons. The van der Waals surface area contributed by atoms with Gasteiger partial charge < -0.3 is 55.8 Å². The van der Waals surface area contributed by atoms with Crippen molar-refractivity contribution in [3.8, 4) is 23.2 Å². The Bertz CT molecular complexity index is 3720. The molecule has 3 saturated heterocycles. The Kier molecular flexibility index (Phi) is 15.9. The van der Waals surface area contributed by atoms with E-state index in [1.165, 1.54) is 31.4 Å². The second-order valence-corrected chi connectivity index (χ2v) is 21.7. The van der Waals surface area contributed by atoms with Crippen LogP contribution in [0.5, 0.6) is 6.01 Å². The number of hydrogen-bond donors (Lipinski definition) is 5. The number of esters is 1. The number of nitrogens with zero attached hydrogens (tertiary/aromatic N) is 7. The molecular weight excluding hydrogens is 1090 g/mol. The number of carbonyl (C=O) groups excluding carboxylic acids is 3. The smallest absolute Gasteiger partial charge is 0.340 e. The molecular formula is C57H59ClF3N11O8S. The highest BCUT2D eigenvalue weighted by atomic mass is 35.5. The Morgan fingerprint density at radius 3 is 2.49 bits per heavy atom. The summed E-state index contributed by atoms with van der Waals surface area (Å²) < 4.78 is 64.5. The van der Waals surface area contributed by atoms with Gasteiger partial charge >= 0.3 is 12.0 Å². The average Bonchev–Trinajstić information content (AvgIpc) is 4.45. The molecule has 0 spiro atoms. The molecule has 3 aromatic heterocycles. The number of hydrogen-bond acceptors (Lipinski definition) is 17. The maximum absolute atomic E-state index is 17.0. The molecule has 0 aliphatic carbocycles. The summed E-state index contributed by atoms with van der Waals surface area (Å²) in [5, 5.41) is 26.3. The first-order valence-electron chi connectivity index (χ1n) is 26.6. The fraction of sp³-hybridized carbons (Fsp3) is 0.386. The third-order valence-corrected chi connectivity index (χ3v) is 17.5. The summed E-state index contributed by atoms with van der Waals surface area (Å²) >= 11 is 7.78. The third kappa shape index (κ3) is 9.80. The number of fused-ring (bicyclic) bond motifs is 8. The Labute approximate surface area is 472 Å². The number of amides is 2. The van der Waals surface area contributed by atoms with E-state index in [1.54, 1.807) is 28.5 Å². The van der Waals surface area contributed by atoms with E-state index in [0.29, 0.717) is 72.9 Å². The number of anilines is 4. The van der Waals surface area contributed by atoms with E-state index in [1.807, 2.05) is 24.8 Å². The Balaban J connectivity index is 0.000000196. The van der Waals surface area contributed by atoms with Gasteiger partial charge in [-0.2, -0.15) is 15.2 Å². The molecule has 3 atom stereocenters. The Morgan fingerprint density at radius 1 is 1.09 bits per heavy atom. The molecule has 3 fully saturated rings. The number of aromatic nitrogens is 3. The van der Waals surface area contributed by atoms with Gasteiger partial charge in [-0.15, -0.1) is 11.3 Å². The Hall–Kier alpha value is -7.59. The first-order chi connectivity index (χ1) is 39.0. The van der Waals surface area contributed by atoms with E-state index < -0.39 is 41.7 Å². The van der Waals surface area contributed by atoms with Crippen LogP contribution in [-0.4, -0.2) is 119 Å². The van der Waals surface area contributed by atoms with Crippen molar-refractivity contribution in [2.24, 2.45) is 5.73 Å². The standard InChI is InChI=1S/C35H36ClF2N7O3S.C20H17FN4O5.C2H6/c1-19(20(2)47-3)33(46)44-14-12-43(13-15-44)32-22-16-24(36)27(21-6-7-25(37)30-26(21)23(17-39)31(40)49-30)28(38)29(22)41-34(42-32)48-18-35-8-4-10-45(35)11-5-9-35;21-13-3-14-8(1-15(13)23-7-26)10(4-22)11-5-25-16(17(11)24-14)2-9-12(19(25)28)6-30-20(29)18(9)27;1-2/h6-7,16,20H,1,4-5,8-15,18,40H2,2-3H3;1-3,7,17-18,24,27H,4-6,22H2,(H,23,26);1-2H3. The zero-order chi connectivity index (χ0) is 57.8. The molecule has 19 nitrogen and oxygen atoms in total. The van der Waals surface area contributed by atoms with Crippen molar-refractivity contribution in [2.45, 2.75) is 83.4 Å². The van der Waals surface area contributed by atoms with E-state index in [-0.39, 0.29) is 102 Å². The van der Waals surface area contributed by atoms with Crippen LogP contribution in [-0.2, 0) is 37.0 Å². The lowest BCUT2D eigenvalue weighted by molar-refractivity contribution is -0.157. The molecule has 424 valence electrons. The predicted octanol–water partition coefficient (Wildman–Crippen LogP) is 7.71. The van der Waals surface area contributed by atoms with Crippen LogP contribution in [0.4, 0.5) is 35.4 Å². The van der Waals surface area contributed by atoms with E-state index in [4.69, 9.17) is 42.3 Å². The number of nitrogens with two attached hydrogens (primary N) is 2. The normalized spacial score (nSPS) is 18.9. The maximum atomic E-state index is 17.0. The summed E-state index contributed by atoms with van der Waals surface area (Å²) in [6.07, 6.45) is 2.65. The van der Waals surface area contributed by atoms with E-state index >= 15 is 4.39 Å². The van der Waals surface area contributed by atoms with Crippen molar-refractivity contribution in [1.82, 2.24) is 24.3 Å². The van der Waals surface area contributed by atoms with Crippen LogP contribution in [0.3, 0.4) is 0 Å². The zero-order valence-corrected chi connectivity index (χ0v) is 46.5. The van der Waals surface area contributed by atoms with Gasteiger partial charge in [0, 0.05) is 90.8 Å². The number of methoxy groups -OCH3 is 1. The lowest BCUT2D eigenvalue weighted by Crippen LogP contribution is -2.50. The van der Waals surface area contributed by atoms with Crippen molar-refractivity contribution in [2.75, 3.05) is 80.8 Å². The molecule has 81 heavy (non-hydrogen) atoms. The number of nitrogens with one attached hydrogen (secondary N) is 2. The number of pyridine rings is 1. The van der Waals surface area contributed by atoms with Crippen molar-refractivity contribution in [1.29, 1.82) is 5.26 Å². The summed E-state index contributed by atoms with van der Waals surface area (Å²) in [7, 11) is 1.53. The van der Waals surface area contributed by atoms with Crippen LogP contribution in [0.1, 0.15) is 86.5 Å². The van der Waals surface area contributed by atoms with Crippen LogP contribution in [0.25, 0.3) is 37.7 Å². The summed E-state index contributed by atoms with van der Waals surface area (Å²) in [5.41, 5.74) is 16.0. The molecule has 2 amide bonds. The van der Waals surface area contributed by atoms with Crippen LogP contribution < -0.4 is 37.3 Å². The number of carbonyl (C=O) groups is 3. The van der Waals surface area contributed by atoms with Crippen molar-refractivity contribution >= 4 is 90.0 Å². The average molecular weight is 1150 g/mol. The Morgan fingerprint density at radius 2 is 1.81 bits per heavy atom. The second-order valence-electron chi connectivity index (χ2n) is 20.2. The fourth-order valence-electron chi connectivity index (χ4n) is 11.9.